The van der Waals surface area contributed by atoms with E-state index in [1.807, 2.05) is 17.5 Å². The molecule has 6 heteroatoms. The first-order chi connectivity index (χ1) is 9.31. The normalized spacial score (nSPS) is 10.6. The fourth-order valence-electron chi connectivity index (χ4n) is 1.75. The zero-order valence-electron chi connectivity index (χ0n) is 11.0. The van der Waals surface area contributed by atoms with E-state index in [1.54, 1.807) is 0 Å². The third-order valence-corrected chi connectivity index (χ3v) is 3.65. The zero-order chi connectivity index (χ0) is 13.5. The minimum Gasteiger partial charge on any atom is -0.354 e. The Kier molecular flexibility index (Phi) is 5.09. The highest BCUT2D eigenvalue weighted by Crippen LogP contribution is 2.18. The number of unbranched alkanes of at least 4 members (excludes halogenated alkanes) is 3. The molecule has 2 rings (SSSR count). The standard InChI is InChI=1S/C13H18N4OS/c1-2-3-4-5-8-14-13-15-12(18)11(16-17-13)10-7-6-9-19-10/h6-7,9H,2-5,8H2,1H3,(H2,14,15,17,18). The third kappa shape index (κ3) is 3.89. The van der Waals surface area contributed by atoms with Gasteiger partial charge in [-0.1, -0.05) is 32.3 Å². The Morgan fingerprint density at radius 1 is 1.32 bits per heavy atom. The number of H-pyrrole nitrogens is 1. The van der Waals surface area contributed by atoms with Crippen molar-refractivity contribution >= 4 is 17.3 Å². The highest BCUT2D eigenvalue weighted by molar-refractivity contribution is 7.13. The van der Waals surface area contributed by atoms with E-state index in [1.165, 1.54) is 30.6 Å². The summed E-state index contributed by atoms with van der Waals surface area (Å²) in [6.45, 7) is 2.99. The lowest BCUT2D eigenvalue weighted by Crippen LogP contribution is -2.17. The fraction of sp³-hybridized carbons (Fsp3) is 0.462. The molecule has 0 aliphatic carbocycles. The van der Waals surface area contributed by atoms with E-state index < -0.39 is 0 Å². The third-order valence-electron chi connectivity index (χ3n) is 2.77. The van der Waals surface area contributed by atoms with Crippen LogP contribution in [0.1, 0.15) is 32.6 Å². The molecule has 0 spiro atoms. The number of hydrogen-bond donors (Lipinski definition) is 2. The molecule has 0 bridgehead atoms. The van der Waals surface area contributed by atoms with Crippen LogP contribution in [-0.4, -0.2) is 21.7 Å². The second kappa shape index (κ2) is 7.04. The van der Waals surface area contributed by atoms with Crippen molar-refractivity contribution in [3.63, 3.8) is 0 Å². The molecule has 0 saturated carbocycles. The molecule has 19 heavy (non-hydrogen) atoms. The van der Waals surface area contributed by atoms with Gasteiger partial charge in [0.05, 0.1) is 4.88 Å². The van der Waals surface area contributed by atoms with Crippen LogP contribution in [0.2, 0.25) is 0 Å². The van der Waals surface area contributed by atoms with E-state index in [9.17, 15) is 4.79 Å². The molecule has 0 fully saturated rings. The average molecular weight is 278 g/mol. The first-order valence-electron chi connectivity index (χ1n) is 6.56. The molecular formula is C13H18N4OS. The van der Waals surface area contributed by atoms with Crippen molar-refractivity contribution in [2.75, 3.05) is 11.9 Å². The maximum absolute atomic E-state index is 11.9. The van der Waals surface area contributed by atoms with Crippen molar-refractivity contribution in [2.24, 2.45) is 0 Å². The van der Waals surface area contributed by atoms with Crippen LogP contribution in [0.3, 0.4) is 0 Å². The quantitative estimate of drug-likeness (QED) is 0.764. The zero-order valence-corrected chi connectivity index (χ0v) is 11.8. The molecule has 0 unspecified atom stereocenters. The van der Waals surface area contributed by atoms with E-state index in [-0.39, 0.29) is 5.56 Å². The topological polar surface area (TPSA) is 70.7 Å². The van der Waals surface area contributed by atoms with Crippen molar-refractivity contribution in [3.8, 4) is 10.6 Å². The first kappa shape index (κ1) is 13.7. The first-order valence-corrected chi connectivity index (χ1v) is 7.44. The number of aromatic nitrogens is 3. The van der Waals surface area contributed by atoms with E-state index in [2.05, 4.69) is 27.4 Å². The minimum absolute atomic E-state index is 0.200. The highest BCUT2D eigenvalue weighted by atomic mass is 32.1. The van der Waals surface area contributed by atoms with E-state index in [4.69, 9.17) is 0 Å². The van der Waals surface area contributed by atoms with Crippen LogP contribution in [0.5, 0.6) is 0 Å². The molecule has 2 aromatic heterocycles. The molecule has 2 heterocycles. The van der Waals surface area contributed by atoms with Gasteiger partial charge in [0.15, 0.2) is 5.69 Å². The Morgan fingerprint density at radius 3 is 2.89 bits per heavy atom. The number of nitrogens with zero attached hydrogens (tertiary/aromatic N) is 2. The largest absolute Gasteiger partial charge is 0.354 e. The summed E-state index contributed by atoms with van der Waals surface area (Å²) in [6, 6.07) is 3.75. The van der Waals surface area contributed by atoms with Crippen molar-refractivity contribution < 1.29 is 0 Å². The van der Waals surface area contributed by atoms with Gasteiger partial charge >= 0.3 is 0 Å². The Hall–Kier alpha value is -1.69. The molecule has 0 aromatic carbocycles. The molecule has 0 saturated heterocycles. The van der Waals surface area contributed by atoms with Gasteiger partial charge in [-0.2, -0.15) is 0 Å². The van der Waals surface area contributed by atoms with Gasteiger partial charge in [0.1, 0.15) is 0 Å². The van der Waals surface area contributed by atoms with Gasteiger partial charge in [-0.3, -0.25) is 9.78 Å². The number of anilines is 1. The summed E-state index contributed by atoms with van der Waals surface area (Å²) in [6.07, 6.45) is 4.71. The lowest BCUT2D eigenvalue weighted by molar-refractivity contribution is 0.682. The van der Waals surface area contributed by atoms with Crippen molar-refractivity contribution in [1.82, 2.24) is 15.2 Å². The fourth-order valence-corrected chi connectivity index (χ4v) is 2.46. The predicted octanol–water partition coefficient (Wildman–Crippen LogP) is 2.89. The van der Waals surface area contributed by atoms with Gasteiger partial charge in [-0.05, 0) is 17.9 Å². The molecule has 5 nitrogen and oxygen atoms in total. The van der Waals surface area contributed by atoms with Crippen LogP contribution < -0.4 is 10.9 Å². The second-order valence-electron chi connectivity index (χ2n) is 4.32. The molecule has 0 aliphatic rings. The molecule has 2 aromatic rings. The number of thiophene rings is 1. The number of rotatable bonds is 7. The maximum atomic E-state index is 11.9. The number of hydrogen-bond acceptors (Lipinski definition) is 5. The van der Waals surface area contributed by atoms with E-state index in [0.29, 0.717) is 11.6 Å². The van der Waals surface area contributed by atoms with Crippen LogP contribution >= 0.6 is 11.3 Å². The molecular weight excluding hydrogens is 260 g/mol. The Morgan fingerprint density at radius 2 is 2.21 bits per heavy atom. The summed E-state index contributed by atoms with van der Waals surface area (Å²) >= 11 is 1.48. The summed E-state index contributed by atoms with van der Waals surface area (Å²) in [7, 11) is 0. The molecule has 0 radical (unpaired) electrons. The predicted molar refractivity (Wildman–Crippen MR) is 78.6 cm³/mol. The van der Waals surface area contributed by atoms with Crippen LogP contribution in [0, 0.1) is 0 Å². The Balaban J connectivity index is 1.94. The summed E-state index contributed by atoms with van der Waals surface area (Å²) in [5, 5.41) is 13.0. The monoisotopic (exact) mass is 278 g/mol. The van der Waals surface area contributed by atoms with Crippen LogP contribution in [0.25, 0.3) is 10.6 Å². The van der Waals surface area contributed by atoms with Gasteiger partial charge in [-0.15, -0.1) is 21.5 Å². The number of nitrogens with one attached hydrogen (secondary N) is 2. The second-order valence-corrected chi connectivity index (χ2v) is 5.26. The van der Waals surface area contributed by atoms with Crippen LogP contribution in [0.15, 0.2) is 22.3 Å². The van der Waals surface area contributed by atoms with Gasteiger partial charge in [0, 0.05) is 6.54 Å². The SMILES string of the molecule is CCCCCCNc1nnc(-c2cccs2)c(=O)[nH]1. The lowest BCUT2D eigenvalue weighted by Gasteiger charge is -2.04. The number of aromatic amines is 1. The van der Waals surface area contributed by atoms with E-state index >= 15 is 0 Å². The average Bonchev–Trinajstić information content (AvgIpc) is 2.92. The molecule has 102 valence electrons. The molecule has 0 amide bonds. The molecule has 2 N–H and O–H groups in total. The van der Waals surface area contributed by atoms with Crippen molar-refractivity contribution in [1.29, 1.82) is 0 Å². The highest BCUT2D eigenvalue weighted by Gasteiger charge is 2.07. The molecule has 0 aliphatic heterocycles. The van der Waals surface area contributed by atoms with Crippen molar-refractivity contribution in [3.05, 3.63) is 27.9 Å². The van der Waals surface area contributed by atoms with E-state index in [0.717, 1.165) is 17.8 Å². The van der Waals surface area contributed by atoms with Gasteiger partial charge in [-0.25, -0.2) is 0 Å². The van der Waals surface area contributed by atoms with Crippen LogP contribution in [-0.2, 0) is 0 Å². The molecule has 0 atom stereocenters. The van der Waals surface area contributed by atoms with Crippen LogP contribution in [0.4, 0.5) is 5.95 Å². The Labute approximate surface area is 116 Å². The van der Waals surface area contributed by atoms with Gasteiger partial charge in [0.25, 0.3) is 5.56 Å². The van der Waals surface area contributed by atoms with Gasteiger partial charge in [0.2, 0.25) is 5.95 Å². The summed E-state index contributed by atoms with van der Waals surface area (Å²) in [4.78, 5) is 15.4. The summed E-state index contributed by atoms with van der Waals surface area (Å²) in [5.41, 5.74) is 0.181. The lowest BCUT2D eigenvalue weighted by atomic mass is 10.2. The summed E-state index contributed by atoms with van der Waals surface area (Å²) in [5.74, 6) is 0.446. The smallest absolute Gasteiger partial charge is 0.279 e. The minimum atomic E-state index is -0.200. The maximum Gasteiger partial charge on any atom is 0.279 e. The van der Waals surface area contributed by atoms with Crippen molar-refractivity contribution in [2.45, 2.75) is 32.6 Å². The summed E-state index contributed by atoms with van der Waals surface area (Å²) < 4.78 is 0. The van der Waals surface area contributed by atoms with Gasteiger partial charge < -0.3 is 5.32 Å². The Bertz CT molecular complexity index is 550.